The van der Waals surface area contributed by atoms with E-state index in [0.29, 0.717) is 23.6 Å². The molecule has 0 fully saturated rings. The SMILES string of the molecule is Cc1nn(C)c(C)c1NC(=O)CCc1ncc(-c2ccccc2F)o1. The monoisotopic (exact) mass is 342 g/mol. The van der Waals surface area contributed by atoms with Crippen LogP contribution in [0, 0.1) is 19.7 Å². The van der Waals surface area contributed by atoms with Gasteiger partial charge in [-0.3, -0.25) is 9.48 Å². The lowest BCUT2D eigenvalue weighted by atomic mass is 10.2. The molecule has 0 spiro atoms. The number of rotatable bonds is 5. The molecule has 0 aliphatic rings. The van der Waals surface area contributed by atoms with Gasteiger partial charge in [-0.2, -0.15) is 5.10 Å². The first-order valence-corrected chi connectivity index (χ1v) is 7.95. The van der Waals surface area contributed by atoms with Crippen LogP contribution < -0.4 is 5.32 Å². The highest BCUT2D eigenvalue weighted by Gasteiger charge is 2.14. The maximum absolute atomic E-state index is 13.8. The summed E-state index contributed by atoms with van der Waals surface area (Å²) < 4.78 is 21.0. The molecule has 7 heteroatoms. The van der Waals surface area contributed by atoms with Crippen molar-refractivity contribution in [3.05, 3.63) is 53.6 Å². The van der Waals surface area contributed by atoms with Gasteiger partial charge in [0.15, 0.2) is 11.7 Å². The number of amides is 1. The van der Waals surface area contributed by atoms with Gasteiger partial charge in [0.25, 0.3) is 0 Å². The van der Waals surface area contributed by atoms with Crippen LogP contribution in [0.15, 0.2) is 34.9 Å². The van der Waals surface area contributed by atoms with E-state index in [1.807, 2.05) is 20.9 Å². The Balaban J connectivity index is 1.62. The number of oxazole rings is 1. The number of anilines is 1. The minimum Gasteiger partial charge on any atom is -0.441 e. The minimum atomic E-state index is -0.370. The second kappa shape index (κ2) is 6.88. The minimum absolute atomic E-state index is 0.148. The number of hydrogen-bond acceptors (Lipinski definition) is 4. The molecule has 1 amide bonds. The first kappa shape index (κ1) is 16.9. The summed E-state index contributed by atoms with van der Waals surface area (Å²) in [7, 11) is 1.83. The molecule has 3 aromatic rings. The summed E-state index contributed by atoms with van der Waals surface area (Å²) in [6.45, 7) is 3.74. The van der Waals surface area contributed by atoms with Crippen molar-refractivity contribution in [2.75, 3.05) is 5.32 Å². The van der Waals surface area contributed by atoms with Crippen molar-refractivity contribution in [1.82, 2.24) is 14.8 Å². The lowest BCUT2D eigenvalue weighted by Gasteiger charge is -2.04. The molecule has 3 rings (SSSR count). The molecule has 0 unspecified atom stereocenters. The number of benzene rings is 1. The molecule has 0 saturated carbocycles. The number of aryl methyl sites for hydroxylation is 3. The zero-order valence-electron chi connectivity index (χ0n) is 14.3. The van der Waals surface area contributed by atoms with Gasteiger partial charge in [0.05, 0.1) is 28.8 Å². The molecule has 0 radical (unpaired) electrons. The van der Waals surface area contributed by atoms with E-state index in [0.717, 1.165) is 17.1 Å². The quantitative estimate of drug-likeness (QED) is 0.771. The van der Waals surface area contributed by atoms with Crippen LogP contribution in [0.5, 0.6) is 0 Å². The zero-order chi connectivity index (χ0) is 18.0. The third-order valence-corrected chi connectivity index (χ3v) is 4.03. The summed E-state index contributed by atoms with van der Waals surface area (Å²) in [5, 5.41) is 7.13. The van der Waals surface area contributed by atoms with Gasteiger partial charge < -0.3 is 9.73 Å². The Kier molecular flexibility index (Phi) is 4.65. The van der Waals surface area contributed by atoms with Crippen molar-refractivity contribution in [3.63, 3.8) is 0 Å². The topological polar surface area (TPSA) is 73.0 Å². The standard InChI is InChI=1S/C18H19FN4O2/c1-11-18(12(2)23(3)22-11)21-16(24)8-9-17-20-10-15(25-17)13-6-4-5-7-14(13)19/h4-7,10H,8-9H2,1-3H3,(H,21,24). The highest BCUT2D eigenvalue weighted by atomic mass is 19.1. The lowest BCUT2D eigenvalue weighted by Crippen LogP contribution is -2.13. The summed E-state index contributed by atoms with van der Waals surface area (Å²) in [6.07, 6.45) is 2.02. The Bertz CT molecular complexity index is 914. The molecule has 25 heavy (non-hydrogen) atoms. The van der Waals surface area contributed by atoms with Gasteiger partial charge in [0, 0.05) is 19.9 Å². The lowest BCUT2D eigenvalue weighted by molar-refractivity contribution is -0.116. The predicted molar refractivity (Wildman–Crippen MR) is 91.5 cm³/mol. The van der Waals surface area contributed by atoms with Gasteiger partial charge in [-0.25, -0.2) is 9.37 Å². The number of hydrogen-bond donors (Lipinski definition) is 1. The maximum Gasteiger partial charge on any atom is 0.224 e. The van der Waals surface area contributed by atoms with Gasteiger partial charge in [-0.15, -0.1) is 0 Å². The number of carbonyl (C=O) groups excluding carboxylic acids is 1. The third-order valence-electron chi connectivity index (χ3n) is 4.03. The van der Waals surface area contributed by atoms with Crippen LogP contribution in [0.1, 0.15) is 23.7 Å². The van der Waals surface area contributed by atoms with Crippen LogP contribution in [0.2, 0.25) is 0 Å². The van der Waals surface area contributed by atoms with Gasteiger partial charge in [0.1, 0.15) is 5.82 Å². The average molecular weight is 342 g/mol. The van der Waals surface area contributed by atoms with Crippen molar-refractivity contribution in [3.8, 4) is 11.3 Å². The second-order valence-corrected chi connectivity index (χ2v) is 5.82. The molecule has 0 aliphatic carbocycles. The van der Waals surface area contributed by atoms with Gasteiger partial charge in [0.2, 0.25) is 5.91 Å². The van der Waals surface area contributed by atoms with Crippen LogP contribution >= 0.6 is 0 Å². The molecule has 1 aromatic carbocycles. The molecular weight excluding hydrogens is 323 g/mol. The van der Waals surface area contributed by atoms with Crippen LogP contribution in [0.4, 0.5) is 10.1 Å². The molecule has 130 valence electrons. The van der Waals surface area contributed by atoms with Crippen molar-refractivity contribution in [2.24, 2.45) is 7.05 Å². The van der Waals surface area contributed by atoms with Crippen LogP contribution in [-0.4, -0.2) is 20.7 Å². The molecule has 2 heterocycles. The van der Waals surface area contributed by atoms with E-state index in [1.165, 1.54) is 12.3 Å². The fourth-order valence-corrected chi connectivity index (χ4v) is 2.59. The Morgan fingerprint density at radius 3 is 2.76 bits per heavy atom. The molecule has 0 aliphatic heterocycles. The fourth-order valence-electron chi connectivity index (χ4n) is 2.59. The van der Waals surface area contributed by atoms with Gasteiger partial charge in [-0.05, 0) is 26.0 Å². The van der Waals surface area contributed by atoms with E-state index in [4.69, 9.17) is 4.42 Å². The Morgan fingerprint density at radius 2 is 2.08 bits per heavy atom. The van der Waals surface area contributed by atoms with Crippen LogP contribution in [0.25, 0.3) is 11.3 Å². The predicted octanol–water partition coefficient (Wildman–Crippen LogP) is 3.40. The zero-order valence-corrected chi connectivity index (χ0v) is 14.3. The Labute approximate surface area is 144 Å². The highest BCUT2D eigenvalue weighted by molar-refractivity contribution is 5.91. The van der Waals surface area contributed by atoms with Gasteiger partial charge in [-0.1, -0.05) is 12.1 Å². The normalized spacial score (nSPS) is 10.9. The number of nitrogens with one attached hydrogen (secondary N) is 1. The molecule has 0 atom stereocenters. The molecule has 2 aromatic heterocycles. The summed E-state index contributed by atoms with van der Waals surface area (Å²) >= 11 is 0. The number of aromatic nitrogens is 3. The summed E-state index contributed by atoms with van der Waals surface area (Å²) in [5.74, 6) is 0.232. The van der Waals surface area contributed by atoms with E-state index in [-0.39, 0.29) is 18.1 Å². The highest BCUT2D eigenvalue weighted by Crippen LogP contribution is 2.24. The third kappa shape index (κ3) is 3.60. The Morgan fingerprint density at radius 1 is 1.32 bits per heavy atom. The molecular formula is C18H19FN4O2. The fraction of sp³-hybridized carbons (Fsp3) is 0.278. The first-order valence-electron chi connectivity index (χ1n) is 7.95. The van der Waals surface area contributed by atoms with Gasteiger partial charge >= 0.3 is 0 Å². The Hall–Kier alpha value is -2.96. The maximum atomic E-state index is 13.8. The van der Waals surface area contributed by atoms with E-state index in [1.54, 1.807) is 22.9 Å². The summed E-state index contributed by atoms with van der Waals surface area (Å²) in [4.78, 5) is 16.3. The largest absolute Gasteiger partial charge is 0.441 e. The summed E-state index contributed by atoms with van der Waals surface area (Å²) in [6, 6.07) is 6.33. The van der Waals surface area contributed by atoms with Crippen LogP contribution in [-0.2, 0) is 18.3 Å². The first-order chi connectivity index (χ1) is 12.0. The van der Waals surface area contributed by atoms with Crippen LogP contribution in [0.3, 0.4) is 0 Å². The number of carbonyl (C=O) groups is 1. The van der Waals surface area contributed by atoms with E-state index in [9.17, 15) is 9.18 Å². The van der Waals surface area contributed by atoms with Crippen molar-refractivity contribution in [1.29, 1.82) is 0 Å². The van der Waals surface area contributed by atoms with Crippen molar-refractivity contribution in [2.45, 2.75) is 26.7 Å². The number of halogens is 1. The van der Waals surface area contributed by atoms with Crippen molar-refractivity contribution < 1.29 is 13.6 Å². The second-order valence-electron chi connectivity index (χ2n) is 5.82. The van der Waals surface area contributed by atoms with E-state index >= 15 is 0 Å². The molecule has 0 saturated heterocycles. The molecule has 6 nitrogen and oxygen atoms in total. The van der Waals surface area contributed by atoms with E-state index in [2.05, 4.69) is 15.4 Å². The average Bonchev–Trinajstić information content (AvgIpc) is 3.14. The van der Waals surface area contributed by atoms with E-state index < -0.39 is 0 Å². The molecule has 0 bridgehead atoms. The number of nitrogens with zero attached hydrogens (tertiary/aromatic N) is 3. The molecule has 1 N–H and O–H groups in total. The smallest absolute Gasteiger partial charge is 0.224 e. The van der Waals surface area contributed by atoms with Crippen molar-refractivity contribution >= 4 is 11.6 Å². The summed E-state index contributed by atoms with van der Waals surface area (Å²) in [5.41, 5.74) is 2.74.